The Hall–Kier alpha value is -3.75. The molecule has 0 saturated heterocycles. The van der Waals surface area contributed by atoms with Crippen molar-refractivity contribution >= 4 is 17.2 Å². The van der Waals surface area contributed by atoms with Gasteiger partial charge in [-0.05, 0) is 55.5 Å². The number of carbonyl (C=O) groups is 1. The number of methoxy groups -OCH3 is 2. The molecule has 0 unspecified atom stereocenters. The van der Waals surface area contributed by atoms with Gasteiger partial charge in [0.05, 0.1) is 20.8 Å². The molecule has 8 heteroatoms. The molecule has 0 saturated carbocycles. The lowest BCUT2D eigenvalue weighted by Gasteiger charge is -2.22. The van der Waals surface area contributed by atoms with Crippen molar-refractivity contribution < 1.29 is 18.7 Å². The van der Waals surface area contributed by atoms with Gasteiger partial charge in [-0.2, -0.15) is 0 Å². The third-order valence-corrected chi connectivity index (χ3v) is 7.58. The van der Waals surface area contributed by atoms with E-state index in [0.717, 1.165) is 29.8 Å². The Morgan fingerprint density at radius 2 is 1.70 bits per heavy atom. The number of benzene rings is 3. The maximum atomic E-state index is 14.5. The summed E-state index contributed by atoms with van der Waals surface area (Å²) in [7, 11) is 3.23. The maximum absolute atomic E-state index is 14.5. The summed E-state index contributed by atoms with van der Waals surface area (Å²) in [6, 6.07) is 23.0. The molecule has 0 aliphatic heterocycles. The molecule has 0 bridgehead atoms. The van der Waals surface area contributed by atoms with Crippen LogP contribution in [-0.4, -0.2) is 42.6 Å². The van der Waals surface area contributed by atoms with Crippen molar-refractivity contribution in [2.45, 2.75) is 45.3 Å². The van der Waals surface area contributed by atoms with Crippen LogP contribution in [0.2, 0.25) is 0 Å². The van der Waals surface area contributed by atoms with Crippen molar-refractivity contribution in [1.82, 2.24) is 15.2 Å². The molecule has 0 aliphatic rings. The number of hydrogen-bond donors (Lipinski definition) is 1. The number of ether oxygens (including phenoxy) is 2. The predicted octanol–water partition coefficient (Wildman–Crippen LogP) is 6.30. The number of aromatic nitrogens is 1. The minimum absolute atomic E-state index is 0.0249. The monoisotopic (exact) mass is 561 g/mol. The maximum Gasteiger partial charge on any atom is 0.270 e. The highest BCUT2D eigenvalue weighted by Gasteiger charge is 2.17. The van der Waals surface area contributed by atoms with Crippen molar-refractivity contribution in [2.75, 3.05) is 20.8 Å². The molecule has 1 N–H and O–H groups in total. The smallest absolute Gasteiger partial charge is 0.270 e. The van der Waals surface area contributed by atoms with E-state index in [9.17, 15) is 9.18 Å². The molecule has 40 heavy (non-hydrogen) atoms. The van der Waals surface area contributed by atoms with Gasteiger partial charge in [-0.3, -0.25) is 9.69 Å². The van der Waals surface area contributed by atoms with E-state index < -0.39 is 0 Å². The highest BCUT2D eigenvalue weighted by molar-refractivity contribution is 7.09. The zero-order valence-corrected chi connectivity index (χ0v) is 24.0. The first-order valence-corrected chi connectivity index (χ1v) is 14.3. The lowest BCUT2D eigenvalue weighted by atomic mass is 10.1. The Balaban J connectivity index is 1.39. The Bertz CT molecular complexity index is 1380. The van der Waals surface area contributed by atoms with Crippen LogP contribution >= 0.6 is 11.3 Å². The third kappa shape index (κ3) is 8.37. The predicted molar refractivity (Wildman–Crippen MR) is 158 cm³/mol. The number of nitrogens with zero attached hydrogens (tertiary/aromatic N) is 2. The van der Waals surface area contributed by atoms with Gasteiger partial charge in [0.15, 0.2) is 11.5 Å². The first-order chi connectivity index (χ1) is 19.4. The molecule has 6 nitrogen and oxygen atoms in total. The molecule has 3 aromatic carbocycles. The van der Waals surface area contributed by atoms with Gasteiger partial charge in [-0.1, -0.05) is 54.6 Å². The number of aryl methyl sites for hydroxylation is 1. The lowest BCUT2D eigenvalue weighted by Crippen LogP contribution is -2.33. The van der Waals surface area contributed by atoms with Crippen LogP contribution in [0.25, 0.3) is 0 Å². The molecule has 0 spiro atoms. The molecule has 0 fully saturated rings. The zero-order valence-electron chi connectivity index (χ0n) is 23.2. The molecular formula is C32H36FN3O3S. The Labute approximate surface area is 239 Å². The van der Waals surface area contributed by atoms with Gasteiger partial charge in [0, 0.05) is 30.1 Å². The summed E-state index contributed by atoms with van der Waals surface area (Å²) in [4.78, 5) is 19.6. The van der Waals surface area contributed by atoms with E-state index in [-0.39, 0.29) is 17.8 Å². The Morgan fingerprint density at radius 1 is 0.950 bits per heavy atom. The Kier molecular flexibility index (Phi) is 10.7. The van der Waals surface area contributed by atoms with Crippen LogP contribution in [0.4, 0.5) is 4.39 Å². The van der Waals surface area contributed by atoms with Crippen LogP contribution in [0.5, 0.6) is 11.5 Å². The first-order valence-electron chi connectivity index (χ1n) is 13.4. The zero-order chi connectivity index (χ0) is 28.3. The molecule has 1 heterocycles. The molecule has 1 amide bonds. The summed E-state index contributed by atoms with van der Waals surface area (Å²) in [5.41, 5.74) is 3.37. The highest BCUT2D eigenvalue weighted by Crippen LogP contribution is 2.28. The quantitative estimate of drug-likeness (QED) is 0.196. The fourth-order valence-corrected chi connectivity index (χ4v) is 5.30. The van der Waals surface area contributed by atoms with E-state index in [2.05, 4.69) is 27.3 Å². The molecule has 4 rings (SSSR count). The van der Waals surface area contributed by atoms with Gasteiger partial charge < -0.3 is 14.8 Å². The molecule has 0 aliphatic carbocycles. The summed E-state index contributed by atoms with van der Waals surface area (Å²) in [5.74, 6) is 0.947. The molecule has 1 aromatic heterocycles. The number of hydrogen-bond acceptors (Lipinski definition) is 6. The van der Waals surface area contributed by atoms with Gasteiger partial charge in [-0.25, -0.2) is 9.37 Å². The van der Waals surface area contributed by atoms with Crippen molar-refractivity contribution in [3.05, 3.63) is 111 Å². The average Bonchev–Trinajstić information content (AvgIpc) is 3.45. The van der Waals surface area contributed by atoms with E-state index in [1.165, 1.54) is 23.0 Å². The standard InChI is InChI=1S/C32H36FN3O3S/c1-23(13-14-24-9-5-4-6-10-24)34-32(37)28-22-40-31(35-28)21-36(20-26-11-7-8-12-27(26)33)18-17-25-15-16-29(38-2)30(19-25)39-3/h4-12,15-16,19,22-23H,13-14,17-18,20-21H2,1-3H3,(H,34,37)/t23-/m0/s1. The number of nitrogens with one attached hydrogen (secondary N) is 1. The van der Waals surface area contributed by atoms with E-state index in [4.69, 9.17) is 9.47 Å². The summed E-state index contributed by atoms with van der Waals surface area (Å²) >= 11 is 1.45. The number of amides is 1. The van der Waals surface area contributed by atoms with Gasteiger partial charge in [0.25, 0.3) is 5.91 Å². The molecular weight excluding hydrogens is 525 g/mol. The number of halogens is 1. The minimum Gasteiger partial charge on any atom is -0.493 e. The van der Waals surface area contributed by atoms with Crippen LogP contribution in [0.1, 0.15) is 45.5 Å². The molecule has 210 valence electrons. The summed E-state index contributed by atoms with van der Waals surface area (Å²) in [6.07, 6.45) is 2.47. The summed E-state index contributed by atoms with van der Waals surface area (Å²) < 4.78 is 25.3. The topological polar surface area (TPSA) is 63.7 Å². The Morgan fingerprint density at radius 3 is 2.45 bits per heavy atom. The fourth-order valence-electron chi connectivity index (χ4n) is 4.48. The third-order valence-electron chi connectivity index (χ3n) is 6.75. The number of carbonyl (C=O) groups excluding carboxylic acids is 1. The second kappa shape index (κ2) is 14.6. The summed E-state index contributed by atoms with van der Waals surface area (Å²) in [6.45, 7) is 3.61. The van der Waals surface area contributed by atoms with Crippen LogP contribution in [-0.2, 0) is 25.9 Å². The summed E-state index contributed by atoms with van der Waals surface area (Å²) in [5, 5.41) is 5.67. The molecule has 4 aromatic rings. The van der Waals surface area contributed by atoms with Crippen LogP contribution in [0, 0.1) is 5.82 Å². The molecule has 1 atom stereocenters. The fraction of sp³-hybridized carbons (Fsp3) is 0.312. The van der Waals surface area contributed by atoms with Crippen molar-refractivity contribution in [2.24, 2.45) is 0 Å². The highest BCUT2D eigenvalue weighted by atomic mass is 32.1. The lowest BCUT2D eigenvalue weighted by molar-refractivity contribution is 0.0933. The van der Waals surface area contributed by atoms with Crippen molar-refractivity contribution in [3.8, 4) is 11.5 Å². The minimum atomic E-state index is -0.234. The average molecular weight is 562 g/mol. The SMILES string of the molecule is COc1ccc(CCN(Cc2nc(C(=O)N[C@@H](C)CCc3ccccc3)cs2)Cc2ccccc2F)cc1OC. The van der Waals surface area contributed by atoms with Crippen LogP contribution in [0.15, 0.2) is 78.2 Å². The van der Waals surface area contributed by atoms with Gasteiger partial charge >= 0.3 is 0 Å². The van der Waals surface area contributed by atoms with E-state index in [1.54, 1.807) is 31.7 Å². The largest absolute Gasteiger partial charge is 0.493 e. The number of rotatable bonds is 14. The van der Waals surface area contributed by atoms with Crippen molar-refractivity contribution in [3.63, 3.8) is 0 Å². The first kappa shape index (κ1) is 29.2. The van der Waals surface area contributed by atoms with E-state index in [0.29, 0.717) is 42.4 Å². The normalized spacial score (nSPS) is 11.8. The van der Waals surface area contributed by atoms with Crippen LogP contribution in [0.3, 0.4) is 0 Å². The number of thiazole rings is 1. The van der Waals surface area contributed by atoms with Gasteiger partial charge in [0.2, 0.25) is 0 Å². The second-order valence-electron chi connectivity index (χ2n) is 9.77. The molecule has 0 radical (unpaired) electrons. The van der Waals surface area contributed by atoms with E-state index in [1.807, 2.05) is 49.4 Å². The second-order valence-corrected chi connectivity index (χ2v) is 10.7. The van der Waals surface area contributed by atoms with Crippen molar-refractivity contribution in [1.29, 1.82) is 0 Å². The van der Waals surface area contributed by atoms with Gasteiger partial charge in [0.1, 0.15) is 16.5 Å². The van der Waals surface area contributed by atoms with E-state index >= 15 is 0 Å². The van der Waals surface area contributed by atoms with Gasteiger partial charge in [-0.15, -0.1) is 11.3 Å². The van der Waals surface area contributed by atoms with Crippen LogP contribution < -0.4 is 14.8 Å².